The van der Waals surface area contributed by atoms with E-state index in [1.165, 1.54) is 14.2 Å². The number of aryl methyl sites for hydroxylation is 2. The van der Waals surface area contributed by atoms with Gasteiger partial charge in [-0.15, -0.1) is 0 Å². The summed E-state index contributed by atoms with van der Waals surface area (Å²) in [7, 11) is 6.15. The highest BCUT2D eigenvalue weighted by Crippen LogP contribution is 2.31. The molecule has 0 radical (unpaired) electrons. The average Bonchev–Trinajstić information content (AvgIpc) is 2.98. The zero-order chi connectivity index (χ0) is 28.8. The molecule has 0 fully saturated rings. The molecular weight excluding hydrogens is 508 g/mol. The molecule has 4 aromatic carbocycles. The first-order chi connectivity index (χ1) is 19.3. The minimum atomic E-state index is -0.278. The van der Waals surface area contributed by atoms with Gasteiger partial charge >= 0.3 is 0 Å². The lowest BCUT2D eigenvalue weighted by Crippen LogP contribution is -2.14. The van der Waals surface area contributed by atoms with Crippen LogP contribution in [-0.2, 0) is 0 Å². The maximum Gasteiger partial charge on any atom is 0.259 e. The maximum atomic E-state index is 13.0. The first kappa shape index (κ1) is 28.0. The summed E-state index contributed by atoms with van der Waals surface area (Å²) in [5.41, 5.74) is 5.98. The molecule has 0 bridgehead atoms. The van der Waals surface area contributed by atoms with Gasteiger partial charge in [0.2, 0.25) is 0 Å². The number of rotatable bonds is 9. The van der Waals surface area contributed by atoms with E-state index in [1.807, 2.05) is 50.2 Å². The number of ether oxygens (including phenoxy) is 4. The van der Waals surface area contributed by atoms with Crippen LogP contribution >= 0.6 is 0 Å². The van der Waals surface area contributed by atoms with Gasteiger partial charge in [0.15, 0.2) is 0 Å². The maximum absolute atomic E-state index is 13.0. The number of anilines is 2. The Morgan fingerprint density at radius 3 is 1.25 bits per heavy atom. The molecule has 2 N–H and O–H groups in total. The molecule has 0 aliphatic carbocycles. The Morgan fingerprint density at radius 1 is 0.525 bits per heavy atom. The molecule has 2 amide bonds. The highest BCUT2D eigenvalue weighted by molar-refractivity contribution is 6.07. The standard InChI is InChI=1S/C32H32N2O6/c1-19-15-21(7-13-27(19)33-31(35)25-11-9-23(37-3)17-29(25)39-5)22-8-14-28(20(2)16-22)34-32(36)26-12-10-24(38-4)18-30(26)40-6/h7-18H,1-6H3,(H,33,35)(H,34,36). The van der Waals surface area contributed by atoms with Crippen molar-refractivity contribution in [3.63, 3.8) is 0 Å². The van der Waals surface area contributed by atoms with E-state index in [1.54, 1.807) is 50.6 Å². The summed E-state index contributed by atoms with van der Waals surface area (Å²) < 4.78 is 21.2. The largest absolute Gasteiger partial charge is 0.497 e. The number of methoxy groups -OCH3 is 4. The van der Waals surface area contributed by atoms with Crippen molar-refractivity contribution in [3.8, 4) is 34.1 Å². The van der Waals surface area contributed by atoms with Crippen molar-refractivity contribution in [3.05, 3.63) is 95.1 Å². The van der Waals surface area contributed by atoms with Gasteiger partial charge in [-0.05, 0) is 84.6 Å². The van der Waals surface area contributed by atoms with Crippen molar-refractivity contribution in [2.24, 2.45) is 0 Å². The van der Waals surface area contributed by atoms with Crippen LogP contribution in [0.5, 0.6) is 23.0 Å². The third kappa shape index (κ3) is 6.02. The van der Waals surface area contributed by atoms with E-state index in [9.17, 15) is 9.59 Å². The zero-order valence-electron chi connectivity index (χ0n) is 23.4. The van der Waals surface area contributed by atoms with Crippen molar-refractivity contribution in [1.82, 2.24) is 0 Å². The van der Waals surface area contributed by atoms with Gasteiger partial charge < -0.3 is 29.6 Å². The van der Waals surface area contributed by atoms with Crippen LogP contribution in [0.15, 0.2) is 72.8 Å². The second kappa shape index (κ2) is 12.3. The number of hydrogen-bond donors (Lipinski definition) is 2. The topological polar surface area (TPSA) is 95.1 Å². The third-order valence-electron chi connectivity index (χ3n) is 6.59. The second-order valence-electron chi connectivity index (χ2n) is 9.10. The fourth-order valence-electron chi connectivity index (χ4n) is 4.32. The molecule has 0 atom stereocenters. The van der Waals surface area contributed by atoms with Gasteiger partial charge in [-0.3, -0.25) is 9.59 Å². The smallest absolute Gasteiger partial charge is 0.259 e. The Bertz CT molecular complexity index is 1450. The van der Waals surface area contributed by atoms with Gasteiger partial charge in [-0.2, -0.15) is 0 Å². The summed E-state index contributed by atoms with van der Waals surface area (Å²) in [6, 6.07) is 21.8. The lowest BCUT2D eigenvalue weighted by Gasteiger charge is -2.15. The van der Waals surface area contributed by atoms with Crippen molar-refractivity contribution in [1.29, 1.82) is 0 Å². The molecule has 0 saturated heterocycles. The van der Waals surface area contributed by atoms with Crippen LogP contribution in [0.1, 0.15) is 31.8 Å². The highest BCUT2D eigenvalue weighted by atomic mass is 16.5. The van der Waals surface area contributed by atoms with E-state index in [0.717, 1.165) is 22.3 Å². The SMILES string of the molecule is COc1ccc(C(=O)Nc2ccc(-c3ccc(NC(=O)c4ccc(OC)cc4OC)c(C)c3)cc2C)c(OC)c1. The lowest BCUT2D eigenvalue weighted by atomic mass is 9.99. The normalized spacial score (nSPS) is 10.4. The van der Waals surface area contributed by atoms with E-state index >= 15 is 0 Å². The fourth-order valence-corrected chi connectivity index (χ4v) is 4.32. The molecule has 0 saturated carbocycles. The van der Waals surface area contributed by atoms with Crippen LogP contribution < -0.4 is 29.6 Å². The second-order valence-corrected chi connectivity index (χ2v) is 9.10. The van der Waals surface area contributed by atoms with Gasteiger partial charge in [0.05, 0.1) is 39.6 Å². The van der Waals surface area contributed by atoms with E-state index in [0.29, 0.717) is 45.5 Å². The summed E-state index contributed by atoms with van der Waals surface area (Å²) in [4.78, 5) is 25.9. The molecule has 0 aliphatic rings. The summed E-state index contributed by atoms with van der Waals surface area (Å²) >= 11 is 0. The molecule has 0 aliphatic heterocycles. The molecule has 4 aromatic rings. The molecule has 0 heterocycles. The van der Waals surface area contributed by atoms with E-state index in [-0.39, 0.29) is 11.8 Å². The highest BCUT2D eigenvalue weighted by Gasteiger charge is 2.16. The van der Waals surface area contributed by atoms with Crippen LogP contribution in [0.4, 0.5) is 11.4 Å². The third-order valence-corrected chi connectivity index (χ3v) is 6.59. The molecule has 0 aromatic heterocycles. The fraction of sp³-hybridized carbons (Fsp3) is 0.188. The first-order valence-corrected chi connectivity index (χ1v) is 12.6. The van der Waals surface area contributed by atoms with Crippen LogP contribution in [0, 0.1) is 13.8 Å². The molecule has 4 rings (SSSR count). The average molecular weight is 541 g/mol. The zero-order valence-corrected chi connectivity index (χ0v) is 23.4. The van der Waals surface area contributed by atoms with Crippen molar-refractivity contribution >= 4 is 23.2 Å². The van der Waals surface area contributed by atoms with E-state index in [4.69, 9.17) is 18.9 Å². The van der Waals surface area contributed by atoms with Crippen LogP contribution in [0.3, 0.4) is 0 Å². The van der Waals surface area contributed by atoms with Gasteiger partial charge in [0, 0.05) is 23.5 Å². The van der Waals surface area contributed by atoms with Crippen molar-refractivity contribution < 1.29 is 28.5 Å². The lowest BCUT2D eigenvalue weighted by molar-refractivity contribution is 0.101. The van der Waals surface area contributed by atoms with Crippen molar-refractivity contribution in [2.45, 2.75) is 13.8 Å². The predicted octanol–water partition coefficient (Wildman–Crippen LogP) is 6.51. The predicted molar refractivity (Wildman–Crippen MR) is 156 cm³/mol. The summed E-state index contributed by atoms with van der Waals surface area (Å²) in [6.07, 6.45) is 0. The molecule has 8 nitrogen and oxygen atoms in total. The Labute approximate surface area is 233 Å². The van der Waals surface area contributed by atoms with Gasteiger partial charge in [0.25, 0.3) is 11.8 Å². The first-order valence-electron chi connectivity index (χ1n) is 12.6. The molecule has 0 spiro atoms. The number of hydrogen-bond acceptors (Lipinski definition) is 6. The molecule has 206 valence electrons. The minimum absolute atomic E-state index is 0.278. The molecule has 40 heavy (non-hydrogen) atoms. The Morgan fingerprint density at radius 2 is 0.925 bits per heavy atom. The van der Waals surface area contributed by atoms with Gasteiger partial charge in [0.1, 0.15) is 23.0 Å². The van der Waals surface area contributed by atoms with Crippen LogP contribution in [-0.4, -0.2) is 40.3 Å². The Hall–Kier alpha value is -4.98. The van der Waals surface area contributed by atoms with Crippen molar-refractivity contribution in [2.75, 3.05) is 39.1 Å². The number of amides is 2. The number of benzene rings is 4. The number of nitrogens with one attached hydrogen (secondary N) is 2. The molecule has 8 heteroatoms. The van der Waals surface area contributed by atoms with Gasteiger partial charge in [-0.1, -0.05) is 12.1 Å². The molecular formula is C32H32N2O6. The summed E-state index contributed by atoms with van der Waals surface area (Å²) in [6.45, 7) is 3.88. The van der Waals surface area contributed by atoms with E-state index in [2.05, 4.69) is 10.6 Å². The van der Waals surface area contributed by atoms with E-state index < -0.39 is 0 Å². The van der Waals surface area contributed by atoms with Gasteiger partial charge in [-0.25, -0.2) is 0 Å². The van der Waals surface area contributed by atoms with Crippen LogP contribution in [0.25, 0.3) is 11.1 Å². The molecule has 0 unspecified atom stereocenters. The summed E-state index contributed by atoms with van der Waals surface area (Å²) in [5, 5.41) is 5.93. The minimum Gasteiger partial charge on any atom is -0.497 e. The Kier molecular flexibility index (Phi) is 8.59. The summed E-state index contributed by atoms with van der Waals surface area (Å²) in [5.74, 6) is 1.52. The number of carbonyl (C=O) groups is 2. The number of carbonyl (C=O) groups excluding carboxylic acids is 2. The Balaban J connectivity index is 1.50. The quantitative estimate of drug-likeness (QED) is 0.251. The van der Waals surface area contributed by atoms with Crippen LogP contribution in [0.2, 0.25) is 0 Å². The monoisotopic (exact) mass is 540 g/mol.